The molecule has 1 aromatic heterocycles. The van der Waals surface area contributed by atoms with Gasteiger partial charge in [-0.05, 0) is 97.9 Å². The van der Waals surface area contributed by atoms with Crippen molar-refractivity contribution in [3.8, 4) is 5.75 Å². The van der Waals surface area contributed by atoms with Gasteiger partial charge in [-0.3, -0.25) is 14.3 Å². The predicted octanol–water partition coefficient (Wildman–Crippen LogP) is 7.37. The molecule has 7 atom stereocenters. The summed E-state index contributed by atoms with van der Waals surface area (Å²) in [7, 11) is -1.81. The Bertz CT molecular complexity index is 2040. The van der Waals surface area contributed by atoms with E-state index in [4.69, 9.17) is 25.8 Å². The molecule has 7 rings (SSSR count). The molecule has 0 fully saturated rings. The number of amides is 2. The van der Waals surface area contributed by atoms with Crippen LogP contribution < -0.4 is 14.4 Å². The summed E-state index contributed by atoms with van der Waals surface area (Å²) in [6, 6.07) is 13.3. The molecular weight excluding hydrogens is 712 g/mol. The summed E-state index contributed by atoms with van der Waals surface area (Å²) in [6.45, 7) is 11.3. The van der Waals surface area contributed by atoms with E-state index in [1.54, 1.807) is 25.4 Å². The summed E-state index contributed by atoms with van der Waals surface area (Å²) < 4.78 is 42.1. The first-order valence-electron chi connectivity index (χ1n) is 18.8. The van der Waals surface area contributed by atoms with Gasteiger partial charge in [0, 0.05) is 54.6 Å². The number of fused-ring (bicyclic) bond motifs is 4. The lowest BCUT2D eigenvalue weighted by molar-refractivity contribution is 0.0167. The van der Waals surface area contributed by atoms with Crippen LogP contribution in [0.4, 0.5) is 5.69 Å². The van der Waals surface area contributed by atoms with E-state index in [0.717, 1.165) is 35.7 Å². The predicted molar refractivity (Wildman–Crippen MR) is 208 cm³/mol. The molecule has 0 saturated heterocycles. The molecule has 0 radical (unpaired) electrons. The van der Waals surface area contributed by atoms with E-state index in [9.17, 15) is 13.8 Å². The van der Waals surface area contributed by atoms with E-state index in [1.165, 1.54) is 11.1 Å². The lowest BCUT2D eigenvalue weighted by Crippen LogP contribution is -2.47. The highest BCUT2D eigenvalue weighted by molar-refractivity contribution is 7.92. The maximum Gasteiger partial charge on any atom is 0.286 e. The van der Waals surface area contributed by atoms with Gasteiger partial charge in [-0.25, -0.2) is 4.21 Å². The smallest absolute Gasteiger partial charge is 0.286 e. The van der Waals surface area contributed by atoms with Crippen molar-refractivity contribution in [2.24, 2.45) is 22.1 Å². The molecule has 2 bridgehead atoms. The van der Waals surface area contributed by atoms with Gasteiger partial charge in [0.25, 0.3) is 11.8 Å². The van der Waals surface area contributed by atoms with Crippen molar-refractivity contribution in [2.75, 3.05) is 37.5 Å². The number of anilines is 1. The number of nitrogens with one attached hydrogen (secondary N) is 1. The molecule has 2 amide bonds. The first-order valence-corrected chi connectivity index (χ1v) is 20.8. The van der Waals surface area contributed by atoms with Crippen molar-refractivity contribution >= 4 is 39.0 Å². The van der Waals surface area contributed by atoms with Gasteiger partial charge in [-0.1, -0.05) is 50.6 Å². The molecule has 3 aromatic rings. The number of ether oxygens (including phenoxy) is 3. The Balaban J connectivity index is 1.28. The van der Waals surface area contributed by atoms with Crippen molar-refractivity contribution in [1.82, 2.24) is 9.29 Å². The van der Waals surface area contributed by atoms with Gasteiger partial charge in [-0.15, -0.1) is 4.36 Å². The molecular formula is C41H51ClN4O6S. The molecule has 1 spiro atoms. The monoisotopic (exact) mass is 762 g/mol. The highest BCUT2D eigenvalue weighted by Crippen LogP contribution is 2.45. The zero-order valence-electron chi connectivity index (χ0n) is 31.3. The van der Waals surface area contributed by atoms with Crippen LogP contribution in [0.2, 0.25) is 5.02 Å². The third-order valence-corrected chi connectivity index (χ3v) is 13.8. The van der Waals surface area contributed by atoms with Gasteiger partial charge in [0.2, 0.25) is 0 Å². The normalized spacial score (nSPS) is 31.0. The van der Waals surface area contributed by atoms with Gasteiger partial charge in [0.05, 0.1) is 42.4 Å². The Labute approximate surface area is 318 Å². The van der Waals surface area contributed by atoms with Gasteiger partial charge in [0.1, 0.15) is 15.7 Å². The van der Waals surface area contributed by atoms with Crippen molar-refractivity contribution in [1.29, 1.82) is 0 Å². The number of hydrogen-bond acceptors (Lipinski definition) is 7. The minimum absolute atomic E-state index is 0.00173. The van der Waals surface area contributed by atoms with Gasteiger partial charge in [0.15, 0.2) is 0 Å². The second kappa shape index (κ2) is 15.2. The number of rotatable bonds is 3. The maximum absolute atomic E-state index is 14.7. The van der Waals surface area contributed by atoms with Gasteiger partial charge < -0.3 is 23.7 Å². The number of aromatic nitrogens is 1. The Morgan fingerprint density at radius 2 is 1.94 bits per heavy atom. The lowest BCUT2D eigenvalue weighted by atomic mass is 9.70. The second-order valence-electron chi connectivity index (χ2n) is 15.7. The second-order valence-corrected chi connectivity index (χ2v) is 18.2. The van der Waals surface area contributed by atoms with Crippen LogP contribution in [0.25, 0.3) is 0 Å². The standard InChI is InChI=1S/C41H51ClN4O6S/c1-26-8-6-10-37(50-5)29(4)27(2)19-46-24-41(15-7-9-30-16-33(42)12-13-35(30)41)25-52-38-14-11-31(18-36(38)46)39(47)43-53(49,23-26)44-40(48)32-17-34-22-51-28(3)20-45(34)21-32/h6,10-14,16-18,21,26-29,37H,7-9,15,19-20,22-25H2,1-5H3,(H,43,44,47,48,49)/b10-6+/t26-,27-,28+,29+,37-,41-,53?/m0/s1. The summed E-state index contributed by atoms with van der Waals surface area (Å²) in [6.07, 6.45) is 9.27. The Hall–Kier alpha value is -3.64. The summed E-state index contributed by atoms with van der Waals surface area (Å²) in [5.41, 5.74) is 4.52. The van der Waals surface area contributed by atoms with Crippen molar-refractivity contribution in [3.05, 3.63) is 93.8 Å². The number of carbonyl (C=O) groups excluding carboxylic acids is 2. The largest absolute Gasteiger partial charge is 0.490 e. The van der Waals surface area contributed by atoms with Crippen LogP contribution in [0, 0.1) is 17.8 Å². The van der Waals surface area contributed by atoms with Crippen LogP contribution in [-0.2, 0) is 44.4 Å². The van der Waals surface area contributed by atoms with Crippen LogP contribution >= 0.6 is 11.6 Å². The first kappa shape index (κ1) is 37.7. The summed E-state index contributed by atoms with van der Waals surface area (Å²) >= 11 is 6.46. The zero-order chi connectivity index (χ0) is 37.5. The van der Waals surface area contributed by atoms with E-state index in [1.807, 2.05) is 36.6 Å². The summed E-state index contributed by atoms with van der Waals surface area (Å²) in [5.74, 6) is -0.305. The SMILES string of the molecule is CO[C@H]1/C=C/C[C@H](C)CS(=O)(NC(=O)c2cc3n(c2)C[C@@H](C)OC3)=NC(=O)c2ccc3c(c2)N(C[C@H](C)[C@H]1C)C[C@@]1(CCCc2cc(Cl)ccc21)CO3. The van der Waals surface area contributed by atoms with Crippen LogP contribution in [-0.4, -0.2) is 65.4 Å². The van der Waals surface area contributed by atoms with Crippen LogP contribution in [0.15, 0.2) is 65.2 Å². The number of aryl methyl sites for hydroxylation is 1. The van der Waals surface area contributed by atoms with Crippen molar-refractivity contribution in [3.63, 3.8) is 0 Å². The Morgan fingerprint density at radius 1 is 1.11 bits per heavy atom. The molecule has 1 unspecified atom stereocenters. The highest BCUT2D eigenvalue weighted by Gasteiger charge is 2.42. The minimum atomic E-state index is -3.55. The van der Waals surface area contributed by atoms with E-state index in [2.05, 4.69) is 52.1 Å². The van der Waals surface area contributed by atoms with Crippen LogP contribution in [0.1, 0.15) is 84.5 Å². The first-order chi connectivity index (χ1) is 25.3. The third-order valence-electron chi connectivity index (χ3n) is 11.6. The molecule has 1 N–H and O–H groups in total. The number of methoxy groups -OCH3 is 1. The number of carbonyl (C=O) groups is 2. The number of allylic oxidation sites excluding steroid dienone is 1. The number of nitrogens with zero attached hydrogens (tertiary/aromatic N) is 3. The average molecular weight is 763 g/mol. The number of benzene rings is 2. The highest BCUT2D eigenvalue weighted by atomic mass is 35.5. The molecule has 53 heavy (non-hydrogen) atoms. The van der Waals surface area contributed by atoms with E-state index in [0.29, 0.717) is 50.6 Å². The van der Waals surface area contributed by atoms with Crippen LogP contribution in [0.5, 0.6) is 5.75 Å². The fourth-order valence-corrected chi connectivity index (χ4v) is 10.6. The molecule has 4 heterocycles. The van der Waals surface area contributed by atoms with Crippen molar-refractivity contribution in [2.45, 2.75) is 84.2 Å². The Kier molecular flexibility index (Phi) is 10.8. The summed E-state index contributed by atoms with van der Waals surface area (Å²) in [5, 5.41) is 0.732. The number of hydrogen-bond donors (Lipinski definition) is 1. The molecule has 1 aliphatic carbocycles. The molecule has 0 saturated carbocycles. The third kappa shape index (κ3) is 7.95. The minimum Gasteiger partial charge on any atom is -0.490 e. The Morgan fingerprint density at radius 3 is 2.75 bits per heavy atom. The fourth-order valence-electron chi connectivity index (χ4n) is 8.47. The maximum atomic E-state index is 14.7. The van der Waals surface area contributed by atoms with E-state index in [-0.39, 0.29) is 46.7 Å². The molecule has 284 valence electrons. The van der Waals surface area contributed by atoms with E-state index >= 15 is 0 Å². The van der Waals surface area contributed by atoms with E-state index < -0.39 is 21.7 Å². The molecule has 3 aliphatic heterocycles. The van der Waals surface area contributed by atoms with Gasteiger partial charge in [-0.2, -0.15) is 0 Å². The van der Waals surface area contributed by atoms with Crippen LogP contribution in [0.3, 0.4) is 0 Å². The molecule has 12 heteroatoms. The quantitative estimate of drug-likeness (QED) is 0.278. The fraction of sp³-hybridized carbons (Fsp3) is 0.512. The molecule has 4 aliphatic rings. The zero-order valence-corrected chi connectivity index (χ0v) is 32.9. The average Bonchev–Trinajstić information content (AvgIpc) is 3.48. The lowest BCUT2D eigenvalue weighted by Gasteiger charge is -2.42. The van der Waals surface area contributed by atoms with Crippen molar-refractivity contribution < 1.29 is 28.0 Å². The topological polar surface area (TPSA) is 111 Å². The number of halogens is 1. The molecule has 10 nitrogen and oxygen atoms in total. The van der Waals surface area contributed by atoms with Gasteiger partial charge >= 0.3 is 0 Å². The molecule has 2 aromatic carbocycles. The summed E-state index contributed by atoms with van der Waals surface area (Å²) in [4.78, 5) is 30.1.